The monoisotopic (exact) mass is 352 g/mol. The molecule has 0 saturated carbocycles. The van der Waals surface area contributed by atoms with Gasteiger partial charge in [-0.2, -0.15) is 4.31 Å². The highest BCUT2D eigenvalue weighted by Crippen LogP contribution is 2.29. The van der Waals surface area contributed by atoms with Gasteiger partial charge in [0, 0.05) is 32.2 Å². The summed E-state index contributed by atoms with van der Waals surface area (Å²) in [4.78, 5) is 2.80. The fourth-order valence-electron chi connectivity index (χ4n) is 3.90. The maximum Gasteiger partial charge on any atom is 0.243 e. The van der Waals surface area contributed by atoms with Crippen LogP contribution in [0.2, 0.25) is 0 Å². The van der Waals surface area contributed by atoms with E-state index in [1.807, 2.05) is 6.07 Å². The Kier molecular flexibility index (Phi) is 5.92. The molecule has 134 valence electrons. The van der Waals surface area contributed by atoms with Crippen molar-refractivity contribution in [3.8, 4) is 0 Å². The number of nitrogens with zero attached hydrogens (tertiary/aromatic N) is 2. The van der Waals surface area contributed by atoms with Gasteiger partial charge in [0.15, 0.2) is 0 Å². The van der Waals surface area contributed by atoms with E-state index in [0.29, 0.717) is 18.0 Å². The Bertz CT molecular complexity index is 612. The summed E-state index contributed by atoms with van der Waals surface area (Å²) in [6.07, 6.45) is 5.03. The van der Waals surface area contributed by atoms with E-state index in [1.165, 1.54) is 25.7 Å². The highest BCUT2D eigenvalue weighted by atomic mass is 32.2. The van der Waals surface area contributed by atoms with Crippen molar-refractivity contribution in [1.29, 1.82) is 0 Å². The molecular formula is C18H28N2O3S. The number of hydrogen-bond donors (Lipinski definition) is 1. The van der Waals surface area contributed by atoms with Gasteiger partial charge in [-0.1, -0.05) is 31.0 Å². The Balaban J connectivity index is 1.69. The number of sulfonamides is 1. The smallest absolute Gasteiger partial charge is 0.243 e. The molecule has 2 heterocycles. The average Bonchev–Trinajstić information content (AvgIpc) is 2.84. The topological polar surface area (TPSA) is 60.9 Å². The van der Waals surface area contributed by atoms with E-state index in [4.69, 9.17) is 0 Å². The first-order chi connectivity index (χ1) is 11.6. The SMILES string of the molecule is O=S(=O)(c1ccccc1)N1C[C@@H](CN2CCCCCC2)[C@@H](CO)C1. The molecule has 0 aromatic heterocycles. The second-order valence-electron chi connectivity index (χ2n) is 7.05. The molecule has 2 aliphatic heterocycles. The Hall–Kier alpha value is -0.950. The molecule has 6 heteroatoms. The van der Waals surface area contributed by atoms with Gasteiger partial charge in [0.1, 0.15) is 0 Å². The Morgan fingerprint density at radius 3 is 2.21 bits per heavy atom. The first-order valence-corrected chi connectivity index (χ1v) is 10.4. The lowest BCUT2D eigenvalue weighted by Gasteiger charge is -2.26. The third-order valence-corrected chi connectivity index (χ3v) is 7.20. The molecule has 24 heavy (non-hydrogen) atoms. The number of aliphatic hydroxyl groups is 1. The standard InChI is InChI=1S/C18H28N2O3S/c21-15-17-14-20(24(22,23)18-8-4-3-5-9-18)13-16(17)12-19-10-6-1-2-7-11-19/h3-5,8-9,16-17,21H,1-2,6-7,10-15H2/t16-,17-/m1/s1. The lowest BCUT2D eigenvalue weighted by Crippen LogP contribution is -2.35. The van der Waals surface area contributed by atoms with E-state index in [-0.39, 0.29) is 18.4 Å². The van der Waals surface area contributed by atoms with Gasteiger partial charge in [-0.15, -0.1) is 0 Å². The fraction of sp³-hybridized carbons (Fsp3) is 0.667. The lowest BCUT2D eigenvalue weighted by atomic mass is 9.96. The molecule has 2 saturated heterocycles. The van der Waals surface area contributed by atoms with Gasteiger partial charge >= 0.3 is 0 Å². The summed E-state index contributed by atoms with van der Waals surface area (Å²) < 4.78 is 27.2. The van der Waals surface area contributed by atoms with E-state index in [9.17, 15) is 13.5 Å². The minimum absolute atomic E-state index is 0.0340. The number of benzene rings is 1. The second kappa shape index (κ2) is 7.95. The molecule has 0 radical (unpaired) electrons. The van der Waals surface area contributed by atoms with E-state index in [0.717, 1.165) is 19.6 Å². The molecule has 0 spiro atoms. The largest absolute Gasteiger partial charge is 0.396 e. The summed E-state index contributed by atoms with van der Waals surface area (Å²) in [6.45, 7) is 4.08. The van der Waals surface area contributed by atoms with Crippen LogP contribution in [0.4, 0.5) is 0 Å². The van der Waals surface area contributed by atoms with E-state index >= 15 is 0 Å². The van der Waals surface area contributed by atoms with Crippen molar-refractivity contribution < 1.29 is 13.5 Å². The third-order valence-electron chi connectivity index (χ3n) is 5.35. The molecule has 0 bridgehead atoms. The maximum atomic E-state index is 12.8. The van der Waals surface area contributed by atoms with Crippen molar-refractivity contribution in [1.82, 2.24) is 9.21 Å². The number of aliphatic hydroxyl groups excluding tert-OH is 1. The van der Waals surface area contributed by atoms with Crippen LogP contribution in [0.3, 0.4) is 0 Å². The molecule has 2 aliphatic rings. The normalized spacial score (nSPS) is 27.2. The molecule has 0 aliphatic carbocycles. The van der Waals surface area contributed by atoms with Crippen molar-refractivity contribution in [2.75, 3.05) is 39.3 Å². The van der Waals surface area contributed by atoms with Gasteiger partial charge in [0.25, 0.3) is 0 Å². The van der Waals surface area contributed by atoms with Crippen molar-refractivity contribution >= 4 is 10.0 Å². The zero-order valence-electron chi connectivity index (χ0n) is 14.2. The molecule has 1 aromatic carbocycles. The molecular weight excluding hydrogens is 324 g/mol. The Labute approximate surface area is 145 Å². The zero-order chi connectivity index (χ0) is 17.0. The Morgan fingerprint density at radius 2 is 1.58 bits per heavy atom. The molecule has 0 unspecified atom stereocenters. The molecule has 0 amide bonds. The fourth-order valence-corrected chi connectivity index (χ4v) is 5.47. The van der Waals surface area contributed by atoms with Crippen LogP contribution in [0.5, 0.6) is 0 Å². The van der Waals surface area contributed by atoms with E-state index in [1.54, 1.807) is 28.6 Å². The molecule has 1 aromatic rings. The average molecular weight is 353 g/mol. The van der Waals surface area contributed by atoms with Crippen LogP contribution in [0.25, 0.3) is 0 Å². The summed E-state index contributed by atoms with van der Waals surface area (Å²) in [5.74, 6) is 0.248. The summed E-state index contributed by atoms with van der Waals surface area (Å²) in [5.41, 5.74) is 0. The molecule has 2 fully saturated rings. The van der Waals surface area contributed by atoms with Crippen molar-refractivity contribution in [3.63, 3.8) is 0 Å². The van der Waals surface area contributed by atoms with Crippen molar-refractivity contribution in [2.24, 2.45) is 11.8 Å². The maximum absolute atomic E-state index is 12.8. The van der Waals surface area contributed by atoms with E-state index in [2.05, 4.69) is 4.90 Å². The molecule has 3 rings (SSSR count). The van der Waals surface area contributed by atoms with Crippen LogP contribution in [-0.4, -0.2) is 62.1 Å². The van der Waals surface area contributed by atoms with Gasteiger partial charge in [-0.05, 0) is 44.0 Å². The third kappa shape index (κ3) is 3.99. The minimum Gasteiger partial charge on any atom is -0.396 e. The molecule has 1 N–H and O–H groups in total. The first-order valence-electron chi connectivity index (χ1n) is 8.99. The number of likely N-dealkylation sites (tertiary alicyclic amines) is 1. The first kappa shape index (κ1) is 17.9. The highest BCUT2D eigenvalue weighted by molar-refractivity contribution is 7.89. The van der Waals surface area contributed by atoms with Crippen LogP contribution in [-0.2, 0) is 10.0 Å². The zero-order valence-corrected chi connectivity index (χ0v) is 15.0. The van der Waals surface area contributed by atoms with Crippen LogP contribution in [0.1, 0.15) is 25.7 Å². The second-order valence-corrected chi connectivity index (χ2v) is 8.99. The lowest BCUT2D eigenvalue weighted by molar-refractivity contribution is 0.165. The van der Waals surface area contributed by atoms with Gasteiger partial charge in [-0.25, -0.2) is 8.42 Å². The predicted octanol–water partition coefficient (Wildman–Crippen LogP) is 1.79. The predicted molar refractivity (Wildman–Crippen MR) is 94.2 cm³/mol. The van der Waals surface area contributed by atoms with Gasteiger partial charge in [0.05, 0.1) is 4.90 Å². The highest BCUT2D eigenvalue weighted by Gasteiger charge is 2.39. The summed E-state index contributed by atoms with van der Waals surface area (Å²) in [5, 5.41) is 9.74. The quantitative estimate of drug-likeness (QED) is 0.878. The van der Waals surface area contributed by atoms with Gasteiger partial charge in [-0.3, -0.25) is 0 Å². The summed E-state index contributed by atoms with van der Waals surface area (Å²) in [6, 6.07) is 8.61. The molecule has 5 nitrogen and oxygen atoms in total. The number of hydrogen-bond acceptors (Lipinski definition) is 4. The van der Waals surface area contributed by atoms with E-state index < -0.39 is 10.0 Å². The Morgan fingerprint density at radius 1 is 0.958 bits per heavy atom. The van der Waals surface area contributed by atoms with Crippen LogP contribution >= 0.6 is 0 Å². The van der Waals surface area contributed by atoms with Gasteiger partial charge in [0.2, 0.25) is 10.0 Å². The minimum atomic E-state index is -3.46. The van der Waals surface area contributed by atoms with Crippen LogP contribution < -0.4 is 0 Å². The number of rotatable bonds is 5. The van der Waals surface area contributed by atoms with Crippen LogP contribution in [0, 0.1) is 11.8 Å². The molecule has 2 atom stereocenters. The van der Waals surface area contributed by atoms with Crippen molar-refractivity contribution in [3.05, 3.63) is 30.3 Å². The van der Waals surface area contributed by atoms with Crippen LogP contribution in [0.15, 0.2) is 35.2 Å². The summed E-state index contributed by atoms with van der Waals surface area (Å²) in [7, 11) is -3.46. The van der Waals surface area contributed by atoms with Crippen molar-refractivity contribution in [2.45, 2.75) is 30.6 Å². The summed E-state index contributed by atoms with van der Waals surface area (Å²) >= 11 is 0. The van der Waals surface area contributed by atoms with Gasteiger partial charge < -0.3 is 10.0 Å².